The van der Waals surface area contributed by atoms with Crippen LogP contribution in [0.25, 0.3) is 0 Å². The van der Waals surface area contributed by atoms with Crippen LogP contribution in [0.1, 0.15) is 25.7 Å². The summed E-state index contributed by atoms with van der Waals surface area (Å²) >= 11 is 0. The van der Waals surface area contributed by atoms with Crippen LogP contribution in [0.3, 0.4) is 0 Å². The monoisotopic (exact) mass is 287 g/mol. The zero-order valence-electron chi connectivity index (χ0n) is 10.6. The number of nitrogens with zero attached hydrogens (tertiary/aromatic N) is 2. The second-order valence-electron chi connectivity index (χ2n) is 4.64. The van der Waals surface area contributed by atoms with Crippen molar-refractivity contribution in [1.29, 1.82) is 0 Å². The number of halogens is 1. The lowest BCUT2D eigenvalue weighted by molar-refractivity contribution is 0.325. The van der Waals surface area contributed by atoms with E-state index in [-0.39, 0.29) is 12.6 Å². The zero-order valence-corrected chi connectivity index (χ0v) is 11.4. The van der Waals surface area contributed by atoms with Crippen molar-refractivity contribution in [3.05, 3.63) is 24.1 Å². The minimum absolute atomic E-state index is 0.244. The van der Waals surface area contributed by atoms with Gasteiger partial charge in [-0.05, 0) is 25.0 Å². The Balaban J connectivity index is 2.39. The van der Waals surface area contributed by atoms with Crippen LogP contribution in [-0.2, 0) is 10.0 Å². The average molecular weight is 287 g/mol. The zero-order chi connectivity index (χ0) is 13.9. The summed E-state index contributed by atoms with van der Waals surface area (Å²) in [5, 5.41) is -0.504. The van der Waals surface area contributed by atoms with Gasteiger partial charge in [0.15, 0.2) is 5.82 Å². The molecular formula is C12H18FN3O2S. The molecule has 1 saturated heterocycles. The van der Waals surface area contributed by atoms with E-state index in [1.54, 1.807) is 0 Å². The van der Waals surface area contributed by atoms with Gasteiger partial charge in [-0.25, -0.2) is 17.8 Å². The maximum absolute atomic E-state index is 13.7. The van der Waals surface area contributed by atoms with Crippen LogP contribution in [-0.4, -0.2) is 36.8 Å². The maximum Gasteiger partial charge on any atom is 0.263 e. The van der Waals surface area contributed by atoms with Crippen molar-refractivity contribution >= 4 is 10.0 Å². The predicted octanol–water partition coefficient (Wildman–Crippen LogP) is 1.11. The van der Waals surface area contributed by atoms with E-state index in [0.717, 1.165) is 25.3 Å². The van der Waals surface area contributed by atoms with Crippen molar-refractivity contribution in [1.82, 2.24) is 9.29 Å². The number of hydrogen-bond donors (Lipinski definition) is 1. The molecule has 2 heterocycles. The smallest absolute Gasteiger partial charge is 0.263 e. The molecule has 106 valence electrons. The first-order valence-electron chi connectivity index (χ1n) is 6.40. The van der Waals surface area contributed by atoms with Gasteiger partial charge in [0, 0.05) is 25.3 Å². The minimum atomic E-state index is -3.91. The van der Waals surface area contributed by atoms with E-state index in [4.69, 9.17) is 5.73 Å². The molecule has 0 saturated carbocycles. The quantitative estimate of drug-likeness (QED) is 0.903. The summed E-state index contributed by atoms with van der Waals surface area (Å²) in [5.41, 5.74) is 5.66. The van der Waals surface area contributed by atoms with Crippen LogP contribution in [0, 0.1) is 5.82 Å². The fourth-order valence-corrected chi connectivity index (χ4v) is 4.06. The van der Waals surface area contributed by atoms with E-state index in [0.29, 0.717) is 13.0 Å². The molecule has 5 nitrogen and oxygen atoms in total. The SMILES string of the molecule is NCC1CCCCCN1S(=O)(=O)c1ncccc1F. The number of sulfonamides is 1. The summed E-state index contributed by atoms with van der Waals surface area (Å²) in [6.07, 6.45) is 4.67. The normalized spacial score (nSPS) is 22.1. The minimum Gasteiger partial charge on any atom is -0.329 e. The van der Waals surface area contributed by atoms with Crippen molar-refractivity contribution in [2.45, 2.75) is 36.8 Å². The van der Waals surface area contributed by atoms with Gasteiger partial charge in [0.05, 0.1) is 0 Å². The Morgan fingerprint density at radius 2 is 2.21 bits per heavy atom. The summed E-state index contributed by atoms with van der Waals surface area (Å²) < 4.78 is 40.0. The van der Waals surface area contributed by atoms with Crippen LogP contribution in [0.2, 0.25) is 0 Å². The lowest BCUT2D eigenvalue weighted by atomic mass is 10.1. The van der Waals surface area contributed by atoms with Crippen LogP contribution in [0.4, 0.5) is 4.39 Å². The number of rotatable bonds is 3. The first-order chi connectivity index (χ1) is 9.07. The van der Waals surface area contributed by atoms with Crippen LogP contribution in [0.5, 0.6) is 0 Å². The highest BCUT2D eigenvalue weighted by Gasteiger charge is 2.34. The van der Waals surface area contributed by atoms with E-state index < -0.39 is 20.9 Å². The summed E-state index contributed by atoms with van der Waals surface area (Å²) in [6, 6.07) is 2.21. The van der Waals surface area contributed by atoms with E-state index in [9.17, 15) is 12.8 Å². The molecule has 2 rings (SSSR count). The van der Waals surface area contributed by atoms with Gasteiger partial charge in [-0.3, -0.25) is 0 Å². The predicted molar refractivity (Wildman–Crippen MR) is 69.4 cm³/mol. The largest absolute Gasteiger partial charge is 0.329 e. The Kier molecular flexibility index (Phi) is 4.49. The third kappa shape index (κ3) is 2.93. The standard InChI is InChI=1S/C12H18FN3O2S/c13-11-6-4-7-15-12(11)19(17,18)16-8-3-1-2-5-10(16)9-14/h4,6-7,10H,1-3,5,8-9,14H2. The highest BCUT2D eigenvalue weighted by molar-refractivity contribution is 7.89. The van der Waals surface area contributed by atoms with Gasteiger partial charge in [0.25, 0.3) is 10.0 Å². The third-order valence-corrected chi connectivity index (χ3v) is 5.26. The first kappa shape index (κ1) is 14.4. The highest BCUT2D eigenvalue weighted by atomic mass is 32.2. The third-order valence-electron chi connectivity index (χ3n) is 3.37. The van der Waals surface area contributed by atoms with E-state index in [2.05, 4.69) is 4.98 Å². The fraction of sp³-hybridized carbons (Fsp3) is 0.583. The summed E-state index contributed by atoms with van der Waals surface area (Å²) in [7, 11) is -3.91. The van der Waals surface area contributed by atoms with Crippen molar-refractivity contribution in [2.24, 2.45) is 5.73 Å². The molecule has 19 heavy (non-hydrogen) atoms. The van der Waals surface area contributed by atoms with Gasteiger partial charge < -0.3 is 5.73 Å². The van der Waals surface area contributed by atoms with Crippen molar-refractivity contribution in [3.8, 4) is 0 Å². The second-order valence-corrected chi connectivity index (χ2v) is 6.45. The molecule has 2 N–H and O–H groups in total. The molecule has 0 aromatic carbocycles. The molecular weight excluding hydrogens is 269 g/mol. The second kappa shape index (κ2) is 5.94. The van der Waals surface area contributed by atoms with E-state index in [1.165, 1.54) is 16.6 Å². The molecule has 0 amide bonds. The summed E-state index contributed by atoms with van der Waals surface area (Å²) in [5.74, 6) is -0.817. The molecule has 1 atom stereocenters. The lowest BCUT2D eigenvalue weighted by Gasteiger charge is -2.27. The van der Waals surface area contributed by atoms with Crippen molar-refractivity contribution < 1.29 is 12.8 Å². The number of hydrogen-bond acceptors (Lipinski definition) is 4. The van der Waals surface area contributed by atoms with Crippen LogP contribution >= 0.6 is 0 Å². The maximum atomic E-state index is 13.7. The van der Waals surface area contributed by atoms with Gasteiger partial charge in [-0.2, -0.15) is 4.31 Å². The van der Waals surface area contributed by atoms with Gasteiger partial charge in [0.1, 0.15) is 0 Å². The summed E-state index contributed by atoms with van der Waals surface area (Å²) in [4.78, 5) is 3.68. The van der Waals surface area contributed by atoms with E-state index >= 15 is 0 Å². The molecule has 1 aromatic rings. The Hall–Kier alpha value is -1.05. The van der Waals surface area contributed by atoms with Gasteiger partial charge in [-0.1, -0.05) is 12.8 Å². The first-order valence-corrected chi connectivity index (χ1v) is 7.84. The lowest BCUT2D eigenvalue weighted by Crippen LogP contribution is -2.44. The molecule has 1 aromatic heterocycles. The van der Waals surface area contributed by atoms with Crippen molar-refractivity contribution in [3.63, 3.8) is 0 Å². The molecule has 0 spiro atoms. The van der Waals surface area contributed by atoms with Gasteiger partial charge in [0.2, 0.25) is 5.03 Å². The molecule has 0 bridgehead atoms. The molecule has 7 heteroatoms. The topological polar surface area (TPSA) is 76.3 Å². The van der Waals surface area contributed by atoms with E-state index in [1.807, 2.05) is 0 Å². The fourth-order valence-electron chi connectivity index (χ4n) is 2.37. The van der Waals surface area contributed by atoms with Gasteiger partial charge in [-0.15, -0.1) is 0 Å². The van der Waals surface area contributed by atoms with Crippen molar-refractivity contribution in [2.75, 3.05) is 13.1 Å². The molecule has 0 radical (unpaired) electrons. The Bertz CT molecular complexity index is 536. The molecule has 1 aliphatic heterocycles. The number of pyridine rings is 1. The van der Waals surface area contributed by atoms with Crippen LogP contribution in [0.15, 0.2) is 23.4 Å². The van der Waals surface area contributed by atoms with Gasteiger partial charge >= 0.3 is 0 Å². The number of aromatic nitrogens is 1. The highest BCUT2D eigenvalue weighted by Crippen LogP contribution is 2.24. The summed E-state index contributed by atoms with van der Waals surface area (Å²) in [6.45, 7) is 0.619. The molecule has 1 aliphatic rings. The average Bonchev–Trinajstić information content (AvgIpc) is 2.64. The number of nitrogens with two attached hydrogens (primary N) is 1. The Morgan fingerprint density at radius 3 is 2.89 bits per heavy atom. The Labute approximate surface area is 112 Å². The Morgan fingerprint density at radius 1 is 1.42 bits per heavy atom. The molecule has 0 aliphatic carbocycles. The molecule has 1 fully saturated rings. The van der Waals surface area contributed by atoms with Crippen LogP contribution < -0.4 is 5.73 Å². The molecule has 1 unspecified atom stereocenters.